The van der Waals surface area contributed by atoms with Crippen LogP contribution in [0.25, 0.3) is 0 Å². The Bertz CT molecular complexity index is 219. The Hall–Kier alpha value is -0.780. The average Bonchev–Trinajstić information content (AvgIpc) is 2.22. The summed E-state index contributed by atoms with van der Waals surface area (Å²) in [5.74, 6) is -0.593. The largest absolute Gasteiger partial charge is 0.406 e. The lowest BCUT2D eigenvalue weighted by molar-refractivity contribution is -0.164. The predicted octanol–water partition coefficient (Wildman–Crippen LogP) is 2.60. The molecule has 6 heteroatoms. The summed E-state index contributed by atoms with van der Waals surface area (Å²) in [5.41, 5.74) is 0. The van der Waals surface area contributed by atoms with Crippen LogP contribution < -0.4 is 0 Å². The number of halogens is 3. The zero-order valence-corrected chi connectivity index (χ0v) is 10.3. The van der Waals surface area contributed by atoms with Crippen LogP contribution in [0.1, 0.15) is 33.1 Å². The minimum absolute atomic E-state index is 0.129. The molecule has 0 saturated carbocycles. The Labute approximate surface area is 99.9 Å². The summed E-state index contributed by atoms with van der Waals surface area (Å²) in [6, 6.07) is 0. The van der Waals surface area contributed by atoms with Crippen molar-refractivity contribution in [1.82, 2.24) is 4.90 Å². The first-order chi connectivity index (χ1) is 7.90. The van der Waals surface area contributed by atoms with Gasteiger partial charge in [-0.25, -0.2) is 0 Å². The van der Waals surface area contributed by atoms with E-state index in [1.54, 1.807) is 0 Å². The Morgan fingerprint density at radius 1 is 1.24 bits per heavy atom. The van der Waals surface area contributed by atoms with E-state index in [0.717, 1.165) is 17.7 Å². The number of unbranched alkanes of at least 4 members (excludes halogenated alkanes) is 1. The van der Waals surface area contributed by atoms with Gasteiger partial charge in [-0.1, -0.05) is 20.3 Å². The maximum absolute atomic E-state index is 12.2. The van der Waals surface area contributed by atoms with Gasteiger partial charge < -0.3 is 9.64 Å². The van der Waals surface area contributed by atoms with Crippen LogP contribution in [0, 0.1) is 0 Å². The average molecular weight is 255 g/mol. The Balaban J connectivity index is 4.19. The van der Waals surface area contributed by atoms with Crippen molar-refractivity contribution in [3.05, 3.63) is 0 Å². The summed E-state index contributed by atoms with van der Waals surface area (Å²) >= 11 is 0. The lowest BCUT2D eigenvalue weighted by atomic mass is 10.3. The second-order valence-electron chi connectivity index (χ2n) is 3.84. The molecule has 0 N–H and O–H groups in total. The first-order valence-electron chi connectivity index (χ1n) is 5.83. The molecular formula is C11H20F3NO2. The first kappa shape index (κ1) is 16.2. The molecule has 0 heterocycles. The predicted molar refractivity (Wildman–Crippen MR) is 58.7 cm³/mol. The van der Waals surface area contributed by atoms with E-state index in [4.69, 9.17) is 4.74 Å². The van der Waals surface area contributed by atoms with Crippen molar-refractivity contribution in [3.8, 4) is 0 Å². The van der Waals surface area contributed by atoms with Gasteiger partial charge in [0.15, 0.2) is 0 Å². The van der Waals surface area contributed by atoms with Gasteiger partial charge >= 0.3 is 6.18 Å². The molecule has 0 aromatic rings. The number of carbonyl (C=O) groups is 1. The number of nitrogens with zero attached hydrogens (tertiary/aromatic N) is 1. The molecule has 1 amide bonds. The molecule has 17 heavy (non-hydrogen) atoms. The van der Waals surface area contributed by atoms with Gasteiger partial charge in [0.1, 0.15) is 13.2 Å². The van der Waals surface area contributed by atoms with Gasteiger partial charge in [-0.3, -0.25) is 4.79 Å². The number of alkyl halides is 3. The SMILES string of the molecule is CCCCN(CC(F)(F)F)C(=O)COCCC. The molecule has 0 aromatic carbocycles. The summed E-state index contributed by atoms with van der Waals surface area (Å²) in [4.78, 5) is 12.3. The van der Waals surface area contributed by atoms with Gasteiger partial charge in [0.05, 0.1) is 0 Å². The molecule has 102 valence electrons. The van der Waals surface area contributed by atoms with E-state index in [0.29, 0.717) is 13.0 Å². The molecule has 0 bridgehead atoms. The zero-order chi connectivity index (χ0) is 13.3. The molecule has 0 aliphatic heterocycles. The van der Waals surface area contributed by atoms with Crippen molar-refractivity contribution >= 4 is 5.91 Å². The normalized spacial score (nSPS) is 11.6. The van der Waals surface area contributed by atoms with Gasteiger partial charge in [0.25, 0.3) is 0 Å². The molecule has 0 unspecified atom stereocenters. The second-order valence-corrected chi connectivity index (χ2v) is 3.84. The van der Waals surface area contributed by atoms with Crippen molar-refractivity contribution in [2.24, 2.45) is 0 Å². The molecule has 0 spiro atoms. The van der Waals surface area contributed by atoms with E-state index in [2.05, 4.69) is 0 Å². The fraction of sp³-hybridized carbons (Fsp3) is 0.909. The fourth-order valence-corrected chi connectivity index (χ4v) is 1.25. The number of rotatable bonds is 8. The number of carbonyl (C=O) groups excluding carboxylic acids is 1. The second kappa shape index (κ2) is 8.33. The summed E-state index contributed by atoms with van der Waals surface area (Å²) in [6.45, 7) is 2.79. The van der Waals surface area contributed by atoms with Crippen LogP contribution in [-0.4, -0.2) is 43.3 Å². The molecule has 0 aliphatic rings. The molecular weight excluding hydrogens is 235 g/mol. The molecule has 0 rings (SSSR count). The third-order valence-electron chi connectivity index (χ3n) is 2.08. The third-order valence-corrected chi connectivity index (χ3v) is 2.08. The quantitative estimate of drug-likeness (QED) is 0.624. The van der Waals surface area contributed by atoms with Crippen molar-refractivity contribution in [3.63, 3.8) is 0 Å². The van der Waals surface area contributed by atoms with Gasteiger partial charge in [0.2, 0.25) is 5.91 Å². The van der Waals surface area contributed by atoms with Crippen molar-refractivity contribution < 1.29 is 22.7 Å². The molecule has 0 atom stereocenters. The molecule has 0 aromatic heterocycles. The minimum Gasteiger partial charge on any atom is -0.372 e. The third kappa shape index (κ3) is 8.97. The Morgan fingerprint density at radius 3 is 2.35 bits per heavy atom. The van der Waals surface area contributed by atoms with Gasteiger partial charge in [-0.15, -0.1) is 0 Å². The van der Waals surface area contributed by atoms with Crippen molar-refractivity contribution in [2.75, 3.05) is 26.3 Å². The fourth-order valence-electron chi connectivity index (χ4n) is 1.25. The monoisotopic (exact) mass is 255 g/mol. The maximum Gasteiger partial charge on any atom is 0.406 e. The molecule has 0 radical (unpaired) electrons. The number of ether oxygens (including phenoxy) is 1. The topological polar surface area (TPSA) is 29.5 Å². The van der Waals surface area contributed by atoms with E-state index in [1.165, 1.54) is 0 Å². The first-order valence-corrected chi connectivity index (χ1v) is 5.83. The highest BCUT2D eigenvalue weighted by molar-refractivity contribution is 5.77. The van der Waals surface area contributed by atoms with Crippen LogP contribution in [-0.2, 0) is 9.53 Å². The van der Waals surface area contributed by atoms with Crippen molar-refractivity contribution in [2.45, 2.75) is 39.3 Å². The highest BCUT2D eigenvalue weighted by Gasteiger charge is 2.32. The maximum atomic E-state index is 12.2. The number of amides is 1. The molecule has 0 saturated heterocycles. The molecule has 3 nitrogen and oxygen atoms in total. The van der Waals surface area contributed by atoms with Crippen LogP contribution in [0.15, 0.2) is 0 Å². The van der Waals surface area contributed by atoms with Crippen LogP contribution in [0.4, 0.5) is 13.2 Å². The summed E-state index contributed by atoms with van der Waals surface area (Å²) in [5, 5.41) is 0. The lowest BCUT2D eigenvalue weighted by Crippen LogP contribution is -2.41. The van der Waals surface area contributed by atoms with Gasteiger partial charge in [0, 0.05) is 13.2 Å². The van der Waals surface area contributed by atoms with E-state index < -0.39 is 18.6 Å². The molecule has 0 aliphatic carbocycles. The number of hydrogen-bond acceptors (Lipinski definition) is 2. The van der Waals surface area contributed by atoms with Crippen LogP contribution in [0.5, 0.6) is 0 Å². The number of hydrogen-bond donors (Lipinski definition) is 0. The Morgan fingerprint density at radius 2 is 1.88 bits per heavy atom. The summed E-state index contributed by atoms with van der Waals surface area (Å²) in [7, 11) is 0. The summed E-state index contributed by atoms with van der Waals surface area (Å²) in [6.07, 6.45) is -2.30. The van der Waals surface area contributed by atoms with Crippen LogP contribution >= 0.6 is 0 Å². The lowest BCUT2D eigenvalue weighted by Gasteiger charge is -2.23. The van der Waals surface area contributed by atoms with Gasteiger partial charge in [-0.2, -0.15) is 13.2 Å². The van der Waals surface area contributed by atoms with Gasteiger partial charge in [-0.05, 0) is 12.8 Å². The minimum atomic E-state index is -4.35. The highest BCUT2D eigenvalue weighted by atomic mass is 19.4. The van der Waals surface area contributed by atoms with Crippen LogP contribution in [0.3, 0.4) is 0 Å². The smallest absolute Gasteiger partial charge is 0.372 e. The highest BCUT2D eigenvalue weighted by Crippen LogP contribution is 2.17. The van der Waals surface area contributed by atoms with E-state index in [1.807, 2.05) is 13.8 Å². The summed E-state index contributed by atoms with van der Waals surface area (Å²) < 4.78 is 41.7. The standard InChI is InChI=1S/C11H20F3NO2/c1-3-5-6-15(9-11(12,13)14)10(16)8-17-7-4-2/h3-9H2,1-2H3. The zero-order valence-electron chi connectivity index (χ0n) is 10.3. The van der Waals surface area contributed by atoms with E-state index >= 15 is 0 Å². The molecule has 0 fully saturated rings. The Kier molecular flexibility index (Phi) is 7.95. The van der Waals surface area contributed by atoms with Crippen molar-refractivity contribution in [1.29, 1.82) is 0 Å². The van der Waals surface area contributed by atoms with Crippen LogP contribution in [0.2, 0.25) is 0 Å². The van der Waals surface area contributed by atoms with E-state index in [-0.39, 0.29) is 13.2 Å². The van der Waals surface area contributed by atoms with E-state index in [9.17, 15) is 18.0 Å².